The van der Waals surface area contributed by atoms with Crippen LogP contribution in [0.3, 0.4) is 0 Å². The van der Waals surface area contributed by atoms with E-state index in [2.05, 4.69) is 58.3 Å². The van der Waals surface area contributed by atoms with Crippen LogP contribution in [0.2, 0.25) is 0 Å². The lowest BCUT2D eigenvalue weighted by Crippen LogP contribution is -2.51. The van der Waals surface area contributed by atoms with E-state index in [1.54, 1.807) is 6.92 Å². The average molecular weight is 306 g/mol. The molecule has 3 heteroatoms. The highest BCUT2D eigenvalue weighted by molar-refractivity contribution is 5.75. The van der Waals surface area contributed by atoms with E-state index in [1.807, 2.05) is 6.07 Å². The second kappa shape index (κ2) is 5.50. The molecule has 2 aliphatic heterocycles. The van der Waals surface area contributed by atoms with Crippen molar-refractivity contribution in [1.82, 2.24) is 9.80 Å². The zero-order valence-corrected chi connectivity index (χ0v) is 13.5. The minimum absolute atomic E-state index is 0.160. The van der Waals surface area contributed by atoms with Gasteiger partial charge in [0.2, 0.25) is 5.91 Å². The number of rotatable bonds is 1. The number of fused-ring (bicyclic) bond motifs is 3. The van der Waals surface area contributed by atoms with Crippen molar-refractivity contribution in [3.63, 3.8) is 0 Å². The molecule has 2 bridgehead atoms. The van der Waals surface area contributed by atoms with Crippen molar-refractivity contribution in [3.8, 4) is 0 Å². The second-order valence-electron chi connectivity index (χ2n) is 6.73. The van der Waals surface area contributed by atoms with Crippen molar-refractivity contribution >= 4 is 5.91 Å². The predicted molar refractivity (Wildman–Crippen MR) is 90.7 cm³/mol. The Kier molecular flexibility index (Phi) is 3.46. The number of carbonyl (C=O) groups excluding carboxylic acids is 1. The topological polar surface area (TPSA) is 23.6 Å². The molecule has 1 fully saturated rings. The molecule has 0 aromatic heterocycles. The SMILES string of the molecule is CC(=O)N1Cc2ccccc2CN2CC[C@@]1(c1ccccc1)C2. The van der Waals surface area contributed by atoms with Crippen LogP contribution in [0.15, 0.2) is 54.6 Å². The Balaban J connectivity index is 1.85. The van der Waals surface area contributed by atoms with Gasteiger partial charge in [0.1, 0.15) is 0 Å². The van der Waals surface area contributed by atoms with E-state index in [0.717, 1.165) is 26.1 Å². The first-order valence-corrected chi connectivity index (χ1v) is 8.32. The molecule has 4 rings (SSSR count). The molecule has 2 aliphatic rings. The summed E-state index contributed by atoms with van der Waals surface area (Å²) in [6, 6.07) is 19.1. The lowest BCUT2D eigenvalue weighted by Gasteiger charge is -2.43. The first-order chi connectivity index (χ1) is 11.2. The molecule has 3 nitrogen and oxygen atoms in total. The summed E-state index contributed by atoms with van der Waals surface area (Å²) < 4.78 is 0. The first-order valence-electron chi connectivity index (χ1n) is 8.32. The molecule has 0 N–H and O–H groups in total. The number of nitrogens with zero attached hydrogens (tertiary/aromatic N) is 2. The number of carbonyl (C=O) groups is 1. The van der Waals surface area contributed by atoms with E-state index in [-0.39, 0.29) is 11.4 Å². The van der Waals surface area contributed by atoms with Gasteiger partial charge < -0.3 is 4.90 Å². The molecular formula is C20H22N2O. The van der Waals surface area contributed by atoms with Gasteiger partial charge in [-0.25, -0.2) is 0 Å². The summed E-state index contributed by atoms with van der Waals surface area (Å²) in [6.45, 7) is 5.35. The van der Waals surface area contributed by atoms with Crippen molar-refractivity contribution < 1.29 is 4.79 Å². The smallest absolute Gasteiger partial charge is 0.220 e. The van der Waals surface area contributed by atoms with Crippen LogP contribution in [0, 0.1) is 0 Å². The van der Waals surface area contributed by atoms with Crippen LogP contribution in [0.5, 0.6) is 0 Å². The number of amides is 1. The van der Waals surface area contributed by atoms with Gasteiger partial charge in [0.15, 0.2) is 0 Å². The Morgan fingerprint density at radius 2 is 1.61 bits per heavy atom. The maximum atomic E-state index is 12.5. The molecule has 23 heavy (non-hydrogen) atoms. The Morgan fingerprint density at radius 3 is 2.30 bits per heavy atom. The third-order valence-electron chi connectivity index (χ3n) is 5.38. The first kappa shape index (κ1) is 14.5. The Morgan fingerprint density at radius 1 is 0.957 bits per heavy atom. The third-order valence-corrected chi connectivity index (χ3v) is 5.38. The van der Waals surface area contributed by atoms with Crippen molar-refractivity contribution in [2.24, 2.45) is 0 Å². The largest absolute Gasteiger partial charge is 0.328 e. The van der Waals surface area contributed by atoms with Gasteiger partial charge in [-0.15, -0.1) is 0 Å². The molecule has 0 saturated carbocycles. The lowest BCUT2D eigenvalue weighted by molar-refractivity contribution is -0.136. The predicted octanol–water partition coefficient (Wildman–Crippen LogP) is 3.15. The van der Waals surface area contributed by atoms with Crippen LogP contribution in [-0.4, -0.2) is 28.8 Å². The van der Waals surface area contributed by atoms with Gasteiger partial charge in [-0.2, -0.15) is 0 Å². The summed E-state index contributed by atoms with van der Waals surface area (Å²) in [4.78, 5) is 17.1. The molecule has 2 aromatic carbocycles. The second-order valence-corrected chi connectivity index (χ2v) is 6.73. The van der Waals surface area contributed by atoms with Gasteiger partial charge in [-0.3, -0.25) is 9.69 Å². The van der Waals surface area contributed by atoms with E-state index < -0.39 is 0 Å². The fourth-order valence-electron chi connectivity index (χ4n) is 4.21. The maximum absolute atomic E-state index is 12.5. The van der Waals surface area contributed by atoms with Crippen molar-refractivity contribution in [3.05, 3.63) is 71.3 Å². The monoisotopic (exact) mass is 306 g/mol. The standard InChI is InChI=1S/C20H22N2O/c1-16(23)22-14-18-8-6-5-7-17(18)13-21-12-11-20(22,15-21)19-9-3-2-4-10-19/h2-10H,11-15H2,1H3/t20-/m0/s1. The van der Waals surface area contributed by atoms with Gasteiger partial charge in [0, 0.05) is 33.1 Å². The quantitative estimate of drug-likeness (QED) is 0.808. The number of hydrogen-bond acceptors (Lipinski definition) is 2. The van der Waals surface area contributed by atoms with E-state index in [9.17, 15) is 4.79 Å². The summed E-state index contributed by atoms with van der Waals surface area (Å²) >= 11 is 0. The van der Waals surface area contributed by atoms with Crippen LogP contribution in [0.25, 0.3) is 0 Å². The lowest BCUT2D eigenvalue weighted by atomic mass is 9.85. The van der Waals surface area contributed by atoms with E-state index in [1.165, 1.54) is 16.7 Å². The molecule has 1 amide bonds. The molecule has 2 aromatic rings. The minimum atomic E-state index is -0.194. The normalized spacial score (nSPS) is 26.3. The van der Waals surface area contributed by atoms with Gasteiger partial charge in [-0.05, 0) is 23.1 Å². The molecule has 118 valence electrons. The van der Waals surface area contributed by atoms with Gasteiger partial charge >= 0.3 is 0 Å². The highest BCUT2D eigenvalue weighted by Crippen LogP contribution is 2.41. The number of hydrogen-bond donors (Lipinski definition) is 0. The number of benzene rings is 2. The van der Waals surface area contributed by atoms with Crippen molar-refractivity contribution in [2.75, 3.05) is 13.1 Å². The zero-order valence-electron chi connectivity index (χ0n) is 13.5. The van der Waals surface area contributed by atoms with E-state index in [4.69, 9.17) is 0 Å². The molecular weight excluding hydrogens is 284 g/mol. The Hall–Kier alpha value is -2.13. The van der Waals surface area contributed by atoms with Gasteiger partial charge in [0.05, 0.1) is 5.54 Å². The van der Waals surface area contributed by atoms with Crippen LogP contribution >= 0.6 is 0 Å². The summed E-state index contributed by atoms with van der Waals surface area (Å²) in [7, 11) is 0. The molecule has 1 unspecified atom stereocenters. The summed E-state index contributed by atoms with van der Waals surface area (Å²) in [5.74, 6) is 0.160. The van der Waals surface area contributed by atoms with Gasteiger partial charge in [-0.1, -0.05) is 54.6 Å². The Bertz CT molecular complexity index is 727. The highest BCUT2D eigenvalue weighted by Gasteiger charge is 2.46. The molecule has 2 heterocycles. The van der Waals surface area contributed by atoms with Crippen LogP contribution in [0.4, 0.5) is 0 Å². The fraction of sp³-hybridized carbons (Fsp3) is 0.350. The van der Waals surface area contributed by atoms with Crippen LogP contribution < -0.4 is 0 Å². The van der Waals surface area contributed by atoms with E-state index >= 15 is 0 Å². The summed E-state index contributed by atoms with van der Waals surface area (Å²) in [5.41, 5.74) is 3.69. The maximum Gasteiger partial charge on any atom is 0.220 e. The summed E-state index contributed by atoms with van der Waals surface area (Å²) in [5, 5.41) is 0. The summed E-state index contributed by atoms with van der Waals surface area (Å²) in [6.07, 6.45) is 1.00. The minimum Gasteiger partial charge on any atom is -0.328 e. The van der Waals surface area contributed by atoms with Crippen LogP contribution in [-0.2, 0) is 23.4 Å². The van der Waals surface area contributed by atoms with Gasteiger partial charge in [0.25, 0.3) is 0 Å². The highest BCUT2D eigenvalue weighted by atomic mass is 16.2. The Labute approximate surface area is 137 Å². The molecule has 0 spiro atoms. The molecule has 1 saturated heterocycles. The zero-order chi connectivity index (χ0) is 15.9. The molecule has 2 atom stereocenters. The molecule has 0 aliphatic carbocycles. The van der Waals surface area contributed by atoms with Crippen molar-refractivity contribution in [1.29, 1.82) is 0 Å². The average Bonchev–Trinajstić information content (AvgIpc) is 2.99. The fourth-order valence-corrected chi connectivity index (χ4v) is 4.21. The molecule has 0 radical (unpaired) electrons. The van der Waals surface area contributed by atoms with Crippen molar-refractivity contribution in [2.45, 2.75) is 32.0 Å². The van der Waals surface area contributed by atoms with E-state index in [0.29, 0.717) is 6.54 Å². The third kappa shape index (κ3) is 2.36. The van der Waals surface area contributed by atoms with Crippen LogP contribution in [0.1, 0.15) is 30.0 Å².